The molecule has 0 amide bonds. The van der Waals surface area contributed by atoms with Gasteiger partial charge >= 0.3 is 0 Å². The van der Waals surface area contributed by atoms with Crippen LogP contribution >= 0.6 is 7.92 Å². The standard InChI is InChI=1S/C54H35P/c1-4-16-38(17-5-1)51-45-26-12-13-27-46(45)52(54-49-29-15-19-37-18-14-28-48(50(37)49)53(51)54)47-35-34-42(43-24-10-11-25-44(43)47)36-30-32-41(33-31-36)55(39-20-6-2-7-21-39)40-22-8-3-9-23-40/h1-35H. The van der Waals surface area contributed by atoms with Crippen LogP contribution in [0.3, 0.4) is 0 Å². The number of benzene rings is 10. The van der Waals surface area contributed by atoms with Crippen LogP contribution in [0.25, 0.3) is 88.0 Å². The Kier molecular flexibility index (Phi) is 7.58. The molecule has 0 spiro atoms. The summed E-state index contributed by atoms with van der Waals surface area (Å²) in [6.45, 7) is 0. The Morgan fingerprint density at radius 1 is 0.236 bits per heavy atom. The van der Waals surface area contributed by atoms with Crippen LogP contribution in [0.1, 0.15) is 0 Å². The zero-order chi connectivity index (χ0) is 36.3. The second-order valence-corrected chi connectivity index (χ2v) is 16.6. The fraction of sp³-hybridized carbons (Fsp3) is 0. The first-order valence-electron chi connectivity index (χ1n) is 19.0. The Hall–Kier alpha value is -6.59. The molecule has 0 fully saturated rings. The maximum absolute atomic E-state index is 2.39. The normalized spacial score (nSPS) is 11.8. The molecule has 0 heterocycles. The van der Waals surface area contributed by atoms with Crippen molar-refractivity contribution in [2.24, 2.45) is 0 Å². The Morgan fingerprint density at radius 3 is 1.29 bits per heavy atom. The Morgan fingerprint density at radius 2 is 0.691 bits per heavy atom. The van der Waals surface area contributed by atoms with Crippen LogP contribution in [0.4, 0.5) is 0 Å². The molecule has 0 bridgehead atoms. The van der Waals surface area contributed by atoms with Crippen LogP contribution in [0.5, 0.6) is 0 Å². The van der Waals surface area contributed by atoms with E-state index in [-0.39, 0.29) is 0 Å². The highest BCUT2D eigenvalue weighted by atomic mass is 31.1. The first-order valence-corrected chi connectivity index (χ1v) is 20.4. The molecule has 1 aliphatic rings. The molecule has 0 aromatic heterocycles. The summed E-state index contributed by atoms with van der Waals surface area (Å²) in [5, 5.41) is 11.8. The summed E-state index contributed by atoms with van der Waals surface area (Å²) < 4.78 is 0. The van der Waals surface area contributed by atoms with E-state index in [4.69, 9.17) is 0 Å². The number of rotatable bonds is 6. The largest absolute Gasteiger partial charge is 0.0622 e. The SMILES string of the molecule is c1ccc(-c2c3c(c(-c4ccc(-c5ccc(P(c6ccccc6)c6ccccc6)cc5)c5ccccc45)c4ccccc24)-c2cccc4cccc-3c24)cc1. The summed E-state index contributed by atoms with van der Waals surface area (Å²) in [4.78, 5) is 0. The lowest BCUT2D eigenvalue weighted by molar-refractivity contribution is 1.63. The molecule has 0 atom stereocenters. The minimum absolute atomic E-state index is 0.670. The van der Waals surface area contributed by atoms with Gasteiger partial charge in [-0.25, -0.2) is 0 Å². The van der Waals surface area contributed by atoms with E-state index in [1.165, 1.54) is 104 Å². The number of fused-ring (bicyclic) bond motifs is 5. The van der Waals surface area contributed by atoms with Gasteiger partial charge in [0, 0.05) is 0 Å². The van der Waals surface area contributed by atoms with Gasteiger partial charge in [0.15, 0.2) is 0 Å². The predicted octanol–water partition coefficient (Wildman–Crippen LogP) is 13.6. The quantitative estimate of drug-likeness (QED) is 0.150. The maximum Gasteiger partial charge on any atom is -0.000719 e. The summed E-state index contributed by atoms with van der Waals surface area (Å²) in [6, 6.07) is 78.7. The lowest BCUT2D eigenvalue weighted by atomic mass is 9.81. The molecule has 0 saturated heterocycles. The van der Waals surface area contributed by atoms with Gasteiger partial charge in [-0.05, 0) is 112 Å². The molecule has 0 unspecified atom stereocenters. The second kappa shape index (κ2) is 13.1. The van der Waals surface area contributed by atoms with Gasteiger partial charge in [-0.3, -0.25) is 0 Å². The average Bonchev–Trinajstić information content (AvgIpc) is 3.59. The molecule has 10 aromatic rings. The van der Waals surface area contributed by atoms with Gasteiger partial charge in [0.1, 0.15) is 0 Å². The first kappa shape index (κ1) is 31.9. The van der Waals surface area contributed by atoms with Crippen molar-refractivity contribution in [2.45, 2.75) is 0 Å². The van der Waals surface area contributed by atoms with Gasteiger partial charge in [-0.15, -0.1) is 0 Å². The van der Waals surface area contributed by atoms with Crippen molar-refractivity contribution in [1.29, 1.82) is 0 Å². The smallest absolute Gasteiger partial charge is 0.000719 e. The Labute approximate surface area is 322 Å². The van der Waals surface area contributed by atoms with E-state index in [1.807, 2.05) is 0 Å². The van der Waals surface area contributed by atoms with Crippen LogP contribution in [-0.2, 0) is 0 Å². The number of hydrogen-bond acceptors (Lipinski definition) is 0. The van der Waals surface area contributed by atoms with E-state index in [1.54, 1.807) is 0 Å². The Bertz CT molecular complexity index is 3010. The van der Waals surface area contributed by atoms with E-state index in [0.29, 0.717) is 0 Å². The highest BCUT2D eigenvalue weighted by Gasteiger charge is 2.31. The highest BCUT2D eigenvalue weighted by molar-refractivity contribution is 7.79. The average molecular weight is 715 g/mol. The summed E-state index contributed by atoms with van der Waals surface area (Å²) in [5.41, 5.74) is 12.9. The molecule has 0 N–H and O–H groups in total. The van der Waals surface area contributed by atoms with Crippen LogP contribution in [-0.4, -0.2) is 0 Å². The lowest BCUT2D eigenvalue weighted by Gasteiger charge is -2.22. The van der Waals surface area contributed by atoms with Crippen molar-refractivity contribution in [3.8, 4) is 55.6 Å². The maximum atomic E-state index is 2.39. The molecule has 10 aromatic carbocycles. The Balaban J connectivity index is 1.13. The van der Waals surface area contributed by atoms with E-state index in [0.717, 1.165) is 0 Å². The van der Waals surface area contributed by atoms with Crippen molar-refractivity contribution < 1.29 is 0 Å². The van der Waals surface area contributed by atoms with Gasteiger partial charge in [0.25, 0.3) is 0 Å². The van der Waals surface area contributed by atoms with Crippen LogP contribution in [0.15, 0.2) is 212 Å². The van der Waals surface area contributed by atoms with Gasteiger partial charge < -0.3 is 0 Å². The van der Waals surface area contributed by atoms with E-state index in [9.17, 15) is 0 Å². The van der Waals surface area contributed by atoms with Gasteiger partial charge in [0.2, 0.25) is 0 Å². The lowest BCUT2D eigenvalue weighted by Crippen LogP contribution is -2.20. The van der Waals surface area contributed by atoms with Gasteiger partial charge in [0.05, 0.1) is 0 Å². The monoisotopic (exact) mass is 714 g/mol. The third kappa shape index (κ3) is 5.10. The molecule has 0 nitrogen and oxygen atoms in total. The predicted molar refractivity (Wildman–Crippen MR) is 238 cm³/mol. The summed E-state index contributed by atoms with van der Waals surface area (Å²) >= 11 is 0. The molecule has 11 rings (SSSR count). The molecule has 1 heteroatoms. The zero-order valence-corrected chi connectivity index (χ0v) is 31.0. The van der Waals surface area contributed by atoms with Crippen molar-refractivity contribution in [3.05, 3.63) is 212 Å². The third-order valence-corrected chi connectivity index (χ3v) is 13.8. The highest BCUT2D eigenvalue weighted by Crippen LogP contribution is 2.58. The first-order chi connectivity index (χ1) is 27.3. The molecular weight excluding hydrogens is 680 g/mol. The zero-order valence-electron chi connectivity index (χ0n) is 30.2. The summed E-state index contributed by atoms with van der Waals surface area (Å²) in [5.74, 6) is 0. The topological polar surface area (TPSA) is 0 Å². The van der Waals surface area contributed by atoms with E-state index < -0.39 is 7.92 Å². The van der Waals surface area contributed by atoms with Gasteiger partial charge in [-0.1, -0.05) is 212 Å². The molecule has 55 heavy (non-hydrogen) atoms. The minimum atomic E-state index is -0.670. The fourth-order valence-corrected chi connectivity index (χ4v) is 11.4. The fourth-order valence-electron chi connectivity index (χ4n) is 9.08. The molecule has 1 aliphatic carbocycles. The van der Waals surface area contributed by atoms with Crippen LogP contribution < -0.4 is 15.9 Å². The van der Waals surface area contributed by atoms with Crippen molar-refractivity contribution in [3.63, 3.8) is 0 Å². The van der Waals surface area contributed by atoms with Crippen LogP contribution in [0, 0.1) is 0 Å². The van der Waals surface area contributed by atoms with Gasteiger partial charge in [-0.2, -0.15) is 0 Å². The molecular formula is C54H35P. The number of hydrogen-bond donors (Lipinski definition) is 0. The third-order valence-electron chi connectivity index (χ3n) is 11.4. The second-order valence-electron chi connectivity index (χ2n) is 14.4. The summed E-state index contributed by atoms with van der Waals surface area (Å²) in [6.07, 6.45) is 0. The van der Waals surface area contributed by atoms with Crippen molar-refractivity contribution in [2.75, 3.05) is 0 Å². The van der Waals surface area contributed by atoms with Crippen molar-refractivity contribution in [1.82, 2.24) is 0 Å². The minimum Gasteiger partial charge on any atom is -0.0622 e. The molecule has 256 valence electrons. The van der Waals surface area contributed by atoms with Crippen LogP contribution in [0.2, 0.25) is 0 Å². The summed E-state index contributed by atoms with van der Waals surface area (Å²) in [7, 11) is -0.670. The molecule has 0 saturated carbocycles. The van der Waals surface area contributed by atoms with E-state index >= 15 is 0 Å². The van der Waals surface area contributed by atoms with E-state index in [2.05, 4.69) is 212 Å². The molecule has 0 aliphatic heterocycles. The molecule has 0 radical (unpaired) electrons. The van der Waals surface area contributed by atoms with Crippen molar-refractivity contribution >= 4 is 56.2 Å².